The summed E-state index contributed by atoms with van der Waals surface area (Å²) in [6.07, 6.45) is 1.13. The predicted octanol–water partition coefficient (Wildman–Crippen LogP) is 5.38. The Kier molecular flexibility index (Phi) is 8.31. The van der Waals surface area contributed by atoms with Gasteiger partial charge in [0.2, 0.25) is 11.8 Å². The van der Waals surface area contributed by atoms with E-state index in [1.54, 1.807) is 43.3 Å². The highest BCUT2D eigenvalue weighted by molar-refractivity contribution is 7.93. The lowest BCUT2D eigenvalue weighted by Crippen LogP contribution is -2.47. The molecule has 4 rings (SSSR count). The lowest BCUT2D eigenvalue weighted by molar-refractivity contribution is -0.140. The van der Waals surface area contributed by atoms with Gasteiger partial charge in [-0.3, -0.25) is 13.9 Å². The van der Waals surface area contributed by atoms with Crippen molar-refractivity contribution in [1.29, 1.82) is 0 Å². The number of halogens is 2. The molecule has 0 aliphatic carbocycles. The molecule has 2 amide bonds. The molecular formula is C27H29Cl2N3O4S. The predicted molar refractivity (Wildman–Crippen MR) is 147 cm³/mol. The molecule has 1 N–H and O–H groups in total. The molecule has 37 heavy (non-hydrogen) atoms. The Morgan fingerprint density at radius 1 is 1.08 bits per heavy atom. The molecular weight excluding hydrogens is 533 g/mol. The molecule has 0 spiro atoms. The van der Waals surface area contributed by atoms with Crippen molar-refractivity contribution in [3.63, 3.8) is 0 Å². The summed E-state index contributed by atoms with van der Waals surface area (Å²) in [5.41, 5.74) is 1.29. The summed E-state index contributed by atoms with van der Waals surface area (Å²) in [6.45, 7) is 4.41. The minimum absolute atomic E-state index is 0.0644. The van der Waals surface area contributed by atoms with Crippen molar-refractivity contribution in [1.82, 2.24) is 10.2 Å². The number of anilines is 1. The quantitative estimate of drug-likeness (QED) is 0.360. The molecule has 1 aliphatic rings. The molecule has 0 radical (unpaired) electrons. The van der Waals surface area contributed by atoms with Crippen LogP contribution >= 0.6 is 23.2 Å². The molecule has 1 heterocycles. The van der Waals surface area contributed by atoms with Crippen molar-refractivity contribution in [2.45, 2.75) is 50.6 Å². The van der Waals surface area contributed by atoms with Crippen LogP contribution in [0, 0.1) is 0 Å². The summed E-state index contributed by atoms with van der Waals surface area (Å²) in [5, 5.41) is 5.28. The molecule has 0 aromatic heterocycles. The van der Waals surface area contributed by atoms with Gasteiger partial charge in [0.25, 0.3) is 10.0 Å². The molecule has 0 bridgehead atoms. The monoisotopic (exact) mass is 561 g/mol. The van der Waals surface area contributed by atoms with E-state index in [0.717, 1.165) is 11.8 Å². The largest absolute Gasteiger partial charge is 0.354 e. The maximum absolute atomic E-state index is 13.4. The molecule has 1 atom stereocenters. The van der Waals surface area contributed by atoms with Gasteiger partial charge in [-0.15, -0.1) is 0 Å². The Labute approximate surface area is 227 Å². The van der Waals surface area contributed by atoms with Crippen LogP contribution in [0.5, 0.6) is 0 Å². The first-order valence-electron chi connectivity index (χ1n) is 12.2. The summed E-state index contributed by atoms with van der Waals surface area (Å²) in [7, 11) is -3.70. The van der Waals surface area contributed by atoms with Crippen molar-refractivity contribution < 1.29 is 18.0 Å². The van der Waals surface area contributed by atoms with Gasteiger partial charge in [0.05, 0.1) is 10.6 Å². The third kappa shape index (κ3) is 5.56. The van der Waals surface area contributed by atoms with Gasteiger partial charge >= 0.3 is 0 Å². The van der Waals surface area contributed by atoms with E-state index in [1.807, 2.05) is 25.1 Å². The first-order chi connectivity index (χ1) is 17.6. The second-order valence-corrected chi connectivity index (χ2v) is 11.7. The van der Waals surface area contributed by atoms with Crippen molar-refractivity contribution in [3.8, 4) is 0 Å². The van der Waals surface area contributed by atoms with Gasteiger partial charge < -0.3 is 10.2 Å². The number of nitrogens with zero attached hydrogens (tertiary/aromatic N) is 2. The van der Waals surface area contributed by atoms with Crippen LogP contribution < -0.4 is 9.62 Å². The van der Waals surface area contributed by atoms with Gasteiger partial charge in [-0.1, -0.05) is 60.5 Å². The molecule has 3 aromatic carbocycles. The lowest BCUT2D eigenvalue weighted by atomic mass is 10.1. The summed E-state index contributed by atoms with van der Waals surface area (Å²) in [5.74, 6) is -0.526. The molecule has 0 saturated carbocycles. The Morgan fingerprint density at radius 3 is 2.51 bits per heavy atom. The van der Waals surface area contributed by atoms with Crippen LogP contribution in [0.25, 0.3) is 10.8 Å². The van der Waals surface area contributed by atoms with Gasteiger partial charge in [0.1, 0.15) is 6.04 Å². The van der Waals surface area contributed by atoms with Gasteiger partial charge in [-0.25, -0.2) is 8.42 Å². The number of carbonyl (C=O) groups excluding carboxylic acids is 2. The Balaban J connectivity index is 1.50. The second kappa shape index (κ2) is 11.3. The van der Waals surface area contributed by atoms with Crippen molar-refractivity contribution >= 4 is 61.5 Å². The zero-order valence-electron chi connectivity index (χ0n) is 20.7. The number of hydrogen-bond donors (Lipinski definition) is 1. The van der Waals surface area contributed by atoms with E-state index < -0.39 is 16.1 Å². The number of nitrogens with one attached hydrogen (secondary N) is 1. The van der Waals surface area contributed by atoms with Crippen molar-refractivity contribution in [2.75, 3.05) is 17.4 Å². The van der Waals surface area contributed by atoms with E-state index in [2.05, 4.69) is 5.32 Å². The Bertz CT molecular complexity index is 1440. The SMILES string of the molecule is CCCNC(=O)[C@@H](C)N(Cc1ccc(Cl)cc1Cl)C(=O)CCCN1c2cccc3cccc(c23)S1(=O)=O. The third-order valence-electron chi connectivity index (χ3n) is 6.51. The molecule has 10 heteroatoms. The summed E-state index contributed by atoms with van der Waals surface area (Å²) in [6, 6.07) is 15.0. The highest BCUT2D eigenvalue weighted by atomic mass is 35.5. The van der Waals surface area contributed by atoms with Crippen LogP contribution in [0.3, 0.4) is 0 Å². The molecule has 1 aliphatic heterocycles. The normalized spacial score (nSPS) is 14.5. The average Bonchev–Trinajstić information content (AvgIpc) is 3.09. The standard InChI is InChI=1S/C27H29Cl2N3O4S/c1-3-14-30-27(34)18(2)31(17-20-12-13-21(28)16-22(20)29)25(33)11-6-15-32-23-9-4-7-19-8-5-10-24(26(19)23)37(32,35)36/h4-5,7-10,12-13,16,18H,3,6,11,14-15,17H2,1-2H3,(H,30,34)/t18-/m1/s1. The van der Waals surface area contributed by atoms with Crippen molar-refractivity contribution in [3.05, 3.63) is 70.2 Å². The van der Waals surface area contributed by atoms with Gasteiger partial charge in [-0.05, 0) is 55.0 Å². The van der Waals surface area contributed by atoms with E-state index in [9.17, 15) is 18.0 Å². The third-order valence-corrected chi connectivity index (χ3v) is 8.95. The number of carbonyl (C=O) groups is 2. The fourth-order valence-electron chi connectivity index (χ4n) is 4.53. The van der Waals surface area contributed by atoms with E-state index in [1.165, 1.54) is 9.21 Å². The lowest BCUT2D eigenvalue weighted by Gasteiger charge is -2.29. The highest BCUT2D eigenvalue weighted by Crippen LogP contribution is 2.42. The maximum Gasteiger partial charge on any atom is 0.265 e. The topological polar surface area (TPSA) is 86.8 Å². The molecule has 7 nitrogen and oxygen atoms in total. The van der Waals surface area contributed by atoms with E-state index in [4.69, 9.17) is 23.2 Å². The van der Waals surface area contributed by atoms with Crippen molar-refractivity contribution in [2.24, 2.45) is 0 Å². The second-order valence-electron chi connectivity index (χ2n) is 9.04. The molecule has 196 valence electrons. The highest BCUT2D eigenvalue weighted by Gasteiger charge is 2.35. The molecule has 3 aromatic rings. The number of amides is 2. The van der Waals surface area contributed by atoms with E-state index in [0.29, 0.717) is 33.2 Å². The Morgan fingerprint density at radius 2 is 1.81 bits per heavy atom. The first kappa shape index (κ1) is 27.2. The number of sulfonamides is 1. The number of benzene rings is 3. The minimum atomic E-state index is -3.70. The molecule has 0 saturated heterocycles. The summed E-state index contributed by atoms with van der Waals surface area (Å²) < 4.78 is 27.8. The Hall–Kier alpha value is -2.81. The van der Waals surface area contributed by atoms with Crippen LogP contribution in [-0.2, 0) is 26.2 Å². The average molecular weight is 563 g/mol. The van der Waals surface area contributed by atoms with E-state index >= 15 is 0 Å². The molecule has 0 unspecified atom stereocenters. The first-order valence-corrected chi connectivity index (χ1v) is 14.4. The van der Waals surface area contributed by atoms with Gasteiger partial charge in [-0.2, -0.15) is 0 Å². The zero-order valence-corrected chi connectivity index (χ0v) is 23.0. The fraction of sp³-hybridized carbons (Fsp3) is 0.333. The van der Waals surface area contributed by atoms with E-state index in [-0.39, 0.29) is 42.6 Å². The van der Waals surface area contributed by atoms with Crippen LogP contribution in [0.15, 0.2) is 59.5 Å². The summed E-state index contributed by atoms with van der Waals surface area (Å²) >= 11 is 12.4. The van der Waals surface area contributed by atoms with Crippen LogP contribution in [-0.4, -0.2) is 44.3 Å². The van der Waals surface area contributed by atoms with Crippen LogP contribution in [0.4, 0.5) is 5.69 Å². The van der Waals surface area contributed by atoms with Crippen LogP contribution in [0.1, 0.15) is 38.7 Å². The zero-order chi connectivity index (χ0) is 26.7. The fourth-order valence-corrected chi connectivity index (χ4v) is 6.75. The van der Waals surface area contributed by atoms with Gasteiger partial charge in [0.15, 0.2) is 0 Å². The number of hydrogen-bond acceptors (Lipinski definition) is 4. The summed E-state index contributed by atoms with van der Waals surface area (Å²) in [4.78, 5) is 27.9. The minimum Gasteiger partial charge on any atom is -0.354 e. The smallest absolute Gasteiger partial charge is 0.265 e. The molecule has 0 fully saturated rings. The number of rotatable bonds is 10. The maximum atomic E-state index is 13.4. The van der Waals surface area contributed by atoms with Gasteiger partial charge in [0, 0.05) is 41.5 Å². The van der Waals surface area contributed by atoms with Crippen LogP contribution in [0.2, 0.25) is 10.0 Å².